The van der Waals surface area contributed by atoms with Crippen LogP contribution in [0.2, 0.25) is 0 Å². The molecule has 0 aromatic rings. The second-order valence-electron chi connectivity index (χ2n) is 8.02. The first-order valence-electron chi connectivity index (χ1n) is 8.20. The number of fused-ring (bicyclic) bond motifs is 4. The van der Waals surface area contributed by atoms with Crippen molar-refractivity contribution in [2.75, 3.05) is 0 Å². The lowest BCUT2D eigenvalue weighted by molar-refractivity contribution is -0.112. The third kappa shape index (κ3) is 1.31. The third-order valence-corrected chi connectivity index (χ3v) is 7.90. The zero-order valence-electron chi connectivity index (χ0n) is 11.6. The van der Waals surface area contributed by atoms with Crippen molar-refractivity contribution in [1.29, 1.82) is 0 Å². The molecule has 0 aliphatic heterocycles. The van der Waals surface area contributed by atoms with Gasteiger partial charge in [0.05, 0.1) is 0 Å². The highest BCUT2D eigenvalue weighted by Gasteiger charge is 2.57. The predicted octanol–water partition coefficient (Wildman–Crippen LogP) is 4.89. The minimum Gasteiger partial charge on any atom is -0.0617 e. The maximum absolute atomic E-state index is 2.65. The lowest BCUT2D eigenvalue weighted by atomic mass is 9.45. The van der Waals surface area contributed by atoms with Gasteiger partial charge in [0, 0.05) is 0 Å². The fourth-order valence-corrected chi connectivity index (χ4v) is 6.05. The van der Waals surface area contributed by atoms with Gasteiger partial charge in [-0.25, -0.2) is 0 Å². The van der Waals surface area contributed by atoms with Gasteiger partial charge < -0.3 is 0 Å². The molecule has 0 saturated heterocycles. The average molecular weight is 232 g/mol. The maximum atomic E-state index is 2.65. The summed E-state index contributed by atoms with van der Waals surface area (Å²) in [5.41, 5.74) is 0.747. The van der Waals surface area contributed by atoms with Crippen molar-refractivity contribution >= 4 is 0 Å². The van der Waals surface area contributed by atoms with E-state index in [9.17, 15) is 0 Å². The second kappa shape index (κ2) is 3.52. The molecule has 17 heavy (non-hydrogen) atoms. The number of rotatable bonds is 0. The summed E-state index contributed by atoms with van der Waals surface area (Å²) in [7, 11) is 0. The molecule has 4 aliphatic rings. The van der Waals surface area contributed by atoms with Crippen molar-refractivity contribution in [2.45, 2.75) is 65.2 Å². The molecule has 0 radical (unpaired) electrons. The molecule has 0 aromatic carbocycles. The molecular formula is C17H28. The molecule has 0 aromatic heterocycles. The van der Waals surface area contributed by atoms with Crippen molar-refractivity contribution < 1.29 is 0 Å². The molecule has 0 N–H and O–H groups in total. The van der Waals surface area contributed by atoms with Crippen LogP contribution in [0.15, 0.2) is 0 Å². The minimum absolute atomic E-state index is 0.747. The summed E-state index contributed by atoms with van der Waals surface area (Å²) < 4.78 is 0. The first-order chi connectivity index (χ1) is 8.20. The van der Waals surface area contributed by atoms with Gasteiger partial charge in [-0.15, -0.1) is 0 Å². The van der Waals surface area contributed by atoms with Gasteiger partial charge in [-0.2, -0.15) is 0 Å². The van der Waals surface area contributed by atoms with E-state index in [2.05, 4.69) is 13.8 Å². The Bertz CT molecular complexity index is 296. The van der Waals surface area contributed by atoms with Crippen LogP contribution in [0.4, 0.5) is 0 Å². The molecule has 0 bridgehead atoms. The normalized spacial score (nSPS) is 61.1. The fraction of sp³-hybridized carbons (Fsp3) is 1.00. The molecule has 0 heterocycles. The zero-order chi connectivity index (χ0) is 11.6. The Balaban J connectivity index is 1.64. The van der Waals surface area contributed by atoms with Gasteiger partial charge in [0.15, 0.2) is 0 Å². The van der Waals surface area contributed by atoms with Crippen LogP contribution in [0.1, 0.15) is 65.2 Å². The van der Waals surface area contributed by atoms with Gasteiger partial charge in [-0.1, -0.05) is 13.8 Å². The van der Waals surface area contributed by atoms with Gasteiger partial charge in [0.1, 0.15) is 0 Å². The zero-order valence-corrected chi connectivity index (χ0v) is 11.6. The lowest BCUT2D eigenvalue weighted by Gasteiger charge is -2.60. The van der Waals surface area contributed by atoms with Crippen LogP contribution in [0.25, 0.3) is 0 Å². The van der Waals surface area contributed by atoms with Gasteiger partial charge in [0.2, 0.25) is 0 Å². The summed E-state index contributed by atoms with van der Waals surface area (Å²) in [5.74, 6) is 6.68. The Hall–Kier alpha value is 0. The van der Waals surface area contributed by atoms with Crippen LogP contribution in [-0.4, -0.2) is 0 Å². The van der Waals surface area contributed by atoms with Crippen LogP contribution in [0, 0.1) is 40.9 Å². The molecule has 7 unspecified atom stereocenters. The molecule has 4 aliphatic carbocycles. The summed E-state index contributed by atoms with van der Waals surface area (Å²) >= 11 is 0. The van der Waals surface area contributed by atoms with E-state index in [0.717, 1.165) is 40.9 Å². The summed E-state index contributed by atoms with van der Waals surface area (Å²) in [6.45, 7) is 5.27. The van der Waals surface area contributed by atoms with E-state index >= 15 is 0 Å². The van der Waals surface area contributed by atoms with Crippen LogP contribution in [0.3, 0.4) is 0 Å². The first kappa shape index (κ1) is 10.9. The van der Waals surface area contributed by atoms with Crippen molar-refractivity contribution in [3.8, 4) is 0 Å². The first-order valence-corrected chi connectivity index (χ1v) is 8.20. The lowest BCUT2D eigenvalue weighted by Crippen LogP contribution is -2.52. The largest absolute Gasteiger partial charge is 0.0617 e. The van der Waals surface area contributed by atoms with E-state index in [1.807, 2.05) is 0 Å². The van der Waals surface area contributed by atoms with E-state index in [1.165, 1.54) is 0 Å². The summed E-state index contributed by atoms with van der Waals surface area (Å²) in [5, 5.41) is 0. The molecule has 4 saturated carbocycles. The molecule has 0 heteroatoms. The van der Waals surface area contributed by atoms with E-state index in [0.29, 0.717) is 0 Å². The van der Waals surface area contributed by atoms with Gasteiger partial charge in [-0.05, 0) is 92.3 Å². The van der Waals surface area contributed by atoms with Crippen molar-refractivity contribution in [3.63, 3.8) is 0 Å². The van der Waals surface area contributed by atoms with Gasteiger partial charge >= 0.3 is 0 Å². The molecule has 0 amide bonds. The van der Waals surface area contributed by atoms with Crippen LogP contribution < -0.4 is 0 Å². The van der Waals surface area contributed by atoms with Crippen LogP contribution >= 0.6 is 0 Å². The van der Waals surface area contributed by atoms with Crippen molar-refractivity contribution in [1.82, 2.24) is 0 Å². The topological polar surface area (TPSA) is 0 Å². The summed E-state index contributed by atoms with van der Waals surface area (Å²) in [6.07, 6.45) is 12.6. The molecular weight excluding hydrogens is 204 g/mol. The Morgan fingerprint density at radius 2 is 1.35 bits per heavy atom. The van der Waals surface area contributed by atoms with Crippen molar-refractivity contribution in [3.05, 3.63) is 0 Å². The second-order valence-corrected chi connectivity index (χ2v) is 8.02. The van der Waals surface area contributed by atoms with E-state index in [-0.39, 0.29) is 0 Å². The Labute approximate surface area is 107 Å². The van der Waals surface area contributed by atoms with E-state index < -0.39 is 0 Å². The predicted molar refractivity (Wildman–Crippen MR) is 71.7 cm³/mol. The molecule has 96 valence electrons. The van der Waals surface area contributed by atoms with Gasteiger partial charge in [-0.3, -0.25) is 0 Å². The number of hydrogen-bond acceptors (Lipinski definition) is 0. The van der Waals surface area contributed by atoms with Crippen molar-refractivity contribution in [2.24, 2.45) is 40.9 Å². The fourth-order valence-electron chi connectivity index (χ4n) is 6.05. The smallest absolute Gasteiger partial charge is 0.0266 e. The van der Waals surface area contributed by atoms with Crippen LogP contribution in [0.5, 0.6) is 0 Å². The average Bonchev–Trinajstić information content (AvgIpc) is 2.25. The molecule has 4 fully saturated rings. The molecule has 0 nitrogen and oxygen atoms in total. The Morgan fingerprint density at radius 3 is 1.82 bits per heavy atom. The van der Waals surface area contributed by atoms with Crippen LogP contribution in [-0.2, 0) is 0 Å². The highest BCUT2D eigenvalue weighted by Crippen LogP contribution is 2.65. The molecule has 0 spiro atoms. The van der Waals surface area contributed by atoms with E-state index in [1.54, 1.807) is 51.4 Å². The quantitative estimate of drug-likeness (QED) is 0.558. The Kier molecular flexibility index (Phi) is 2.25. The minimum atomic E-state index is 0.747. The summed E-state index contributed by atoms with van der Waals surface area (Å²) in [4.78, 5) is 0. The van der Waals surface area contributed by atoms with E-state index in [4.69, 9.17) is 0 Å². The van der Waals surface area contributed by atoms with Gasteiger partial charge in [0.25, 0.3) is 0 Å². The summed E-state index contributed by atoms with van der Waals surface area (Å²) in [6, 6.07) is 0. The maximum Gasteiger partial charge on any atom is -0.0266 e. The SMILES string of the molecule is CC1C2CCC2CCC2CCC2C2CCC12C. The monoisotopic (exact) mass is 232 g/mol. The molecule has 4 rings (SSSR count). The Morgan fingerprint density at radius 1 is 0.765 bits per heavy atom. The standard InChI is InChI=1S/C17H28/c1-11-14-7-5-12(14)3-4-13-6-8-15(13)16-9-10-17(11,16)2/h11-16H,3-10H2,1-2H3. The molecule has 7 atom stereocenters. The third-order valence-electron chi connectivity index (χ3n) is 7.90. The number of hydrogen-bond donors (Lipinski definition) is 0. The highest BCUT2D eigenvalue weighted by molar-refractivity contribution is 5.06. The highest BCUT2D eigenvalue weighted by atomic mass is 14.6.